The number of carbonyl (C=O) groups is 3. The number of nitrogens with zero attached hydrogens (tertiary/aromatic N) is 2. The molecule has 2 aromatic rings. The SMILES string of the molecule is CCOCN1c2ccc(Cl)cc2C(c2ccccc2)=NCC1OC(=O)CC(O)(CC(=O)O)C(=O)O. The van der Waals surface area contributed by atoms with Crippen LogP contribution >= 0.6 is 11.6 Å². The minimum atomic E-state index is -2.82. The first-order chi connectivity index (χ1) is 16.6. The van der Waals surface area contributed by atoms with Gasteiger partial charge in [0.1, 0.15) is 6.73 Å². The van der Waals surface area contributed by atoms with Crippen LogP contribution in [0.3, 0.4) is 0 Å². The lowest BCUT2D eigenvalue weighted by atomic mass is 9.96. The second-order valence-electron chi connectivity index (χ2n) is 7.84. The zero-order valence-corrected chi connectivity index (χ0v) is 19.6. The Balaban J connectivity index is 1.98. The predicted molar refractivity (Wildman–Crippen MR) is 127 cm³/mol. The Morgan fingerprint density at radius 1 is 1.14 bits per heavy atom. The van der Waals surface area contributed by atoms with E-state index in [0.717, 1.165) is 5.56 Å². The van der Waals surface area contributed by atoms with Gasteiger partial charge in [-0.1, -0.05) is 41.9 Å². The zero-order valence-electron chi connectivity index (χ0n) is 18.9. The smallest absolute Gasteiger partial charge is 0.336 e. The van der Waals surface area contributed by atoms with Gasteiger partial charge in [-0.05, 0) is 25.1 Å². The number of carboxylic acid groups (broad SMARTS) is 2. The number of hydrogen-bond donors (Lipinski definition) is 3. The van der Waals surface area contributed by atoms with Crippen LogP contribution in [-0.2, 0) is 23.9 Å². The molecule has 0 saturated heterocycles. The standard InChI is InChI=1S/C24H25ClN2O8/c1-2-34-14-27-18-9-8-16(25)10-17(18)22(15-6-4-3-5-7-15)26-13-19(27)35-21(30)12-24(33,23(31)32)11-20(28)29/h3-10,19,33H,2,11-14H2,1H3,(H,28,29)(H,31,32). The summed E-state index contributed by atoms with van der Waals surface area (Å²) in [6.07, 6.45) is -3.25. The van der Waals surface area contributed by atoms with Crippen molar-refractivity contribution >= 4 is 40.9 Å². The third-order valence-corrected chi connectivity index (χ3v) is 5.54. The maximum absolute atomic E-state index is 12.7. The molecular formula is C24H25ClN2O8. The summed E-state index contributed by atoms with van der Waals surface area (Å²) in [4.78, 5) is 41.5. The highest BCUT2D eigenvalue weighted by molar-refractivity contribution is 6.31. The Kier molecular flexibility index (Phi) is 8.44. The van der Waals surface area contributed by atoms with Crippen LogP contribution in [0.25, 0.3) is 0 Å². The van der Waals surface area contributed by atoms with E-state index in [9.17, 15) is 24.6 Å². The molecule has 2 atom stereocenters. The Hall–Kier alpha value is -3.47. The van der Waals surface area contributed by atoms with Crippen LogP contribution in [0.4, 0.5) is 5.69 Å². The number of ether oxygens (including phenoxy) is 2. The molecule has 0 fully saturated rings. The second kappa shape index (κ2) is 11.3. The number of halogens is 1. The summed E-state index contributed by atoms with van der Waals surface area (Å²) in [6.45, 7) is 2.13. The molecule has 2 unspecified atom stereocenters. The van der Waals surface area contributed by atoms with Crippen molar-refractivity contribution < 1.29 is 39.2 Å². The first-order valence-corrected chi connectivity index (χ1v) is 11.1. The number of carbonyl (C=O) groups excluding carboxylic acids is 1. The molecule has 3 rings (SSSR count). The van der Waals surface area contributed by atoms with Crippen LogP contribution in [0.15, 0.2) is 53.5 Å². The van der Waals surface area contributed by atoms with Gasteiger partial charge in [0.2, 0.25) is 0 Å². The normalized spacial score (nSPS) is 16.9. The van der Waals surface area contributed by atoms with E-state index < -0.39 is 42.6 Å². The number of fused-ring (bicyclic) bond motifs is 1. The number of hydrogen-bond acceptors (Lipinski definition) is 8. The maximum Gasteiger partial charge on any atom is 0.336 e. The topological polar surface area (TPSA) is 146 Å². The highest BCUT2D eigenvalue weighted by atomic mass is 35.5. The lowest BCUT2D eigenvalue weighted by molar-refractivity contribution is -0.173. The number of rotatable bonds is 10. The number of aliphatic hydroxyl groups is 1. The number of esters is 1. The van der Waals surface area contributed by atoms with Gasteiger partial charge in [-0.25, -0.2) is 4.79 Å². The fourth-order valence-corrected chi connectivity index (χ4v) is 3.81. The van der Waals surface area contributed by atoms with Gasteiger partial charge >= 0.3 is 17.9 Å². The number of aliphatic imine (C=N–C) groups is 1. The molecule has 0 amide bonds. The van der Waals surface area contributed by atoms with E-state index >= 15 is 0 Å². The number of benzene rings is 2. The molecule has 0 aromatic heterocycles. The first kappa shape index (κ1) is 26.1. The third kappa shape index (κ3) is 6.36. The molecule has 2 aromatic carbocycles. The van der Waals surface area contributed by atoms with Crippen LogP contribution in [0, 0.1) is 0 Å². The summed E-state index contributed by atoms with van der Waals surface area (Å²) < 4.78 is 11.1. The van der Waals surface area contributed by atoms with Gasteiger partial charge in [0.05, 0.1) is 30.8 Å². The van der Waals surface area contributed by atoms with Gasteiger partial charge in [-0.2, -0.15) is 0 Å². The van der Waals surface area contributed by atoms with Gasteiger partial charge < -0.3 is 29.7 Å². The molecule has 1 aliphatic rings. The second-order valence-corrected chi connectivity index (χ2v) is 8.27. The van der Waals surface area contributed by atoms with Crippen molar-refractivity contribution in [1.29, 1.82) is 0 Å². The molecule has 10 nitrogen and oxygen atoms in total. The van der Waals surface area contributed by atoms with E-state index in [1.165, 1.54) is 0 Å². The Bertz CT molecular complexity index is 1120. The first-order valence-electron chi connectivity index (χ1n) is 10.8. The van der Waals surface area contributed by atoms with Gasteiger partial charge in [0.25, 0.3) is 0 Å². The van der Waals surface area contributed by atoms with Crippen LogP contribution in [0.2, 0.25) is 5.02 Å². The fraction of sp³-hybridized carbons (Fsp3) is 0.333. The molecule has 3 N–H and O–H groups in total. The monoisotopic (exact) mass is 504 g/mol. The zero-order chi connectivity index (χ0) is 25.6. The highest BCUT2D eigenvalue weighted by Gasteiger charge is 2.42. The van der Waals surface area contributed by atoms with Crippen molar-refractivity contribution in [3.05, 3.63) is 64.7 Å². The highest BCUT2D eigenvalue weighted by Crippen LogP contribution is 2.32. The summed E-state index contributed by atoms with van der Waals surface area (Å²) in [6, 6.07) is 14.5. The lowest BCUT2D eigenvalue weighted by Crippen LogP contribution is -2.46. The molecule has 0 spiro atoms. The molecule has 0 bridgehead atoms. The molecule has 35 heavy (non-hydrogen) atoms. The number of anilines is 1. The predicted octanol–water partition coefficient (Wildman–Crippen LogP) is 2.54. The third-order valence-electron chi connectivity index (χ3n) is 5.30. The van der Waals surface area contributed by atoms with Crippen LogP contribution in [0.1, 0.15) is 30.9 Å². The van der Waals surface area contributed by atoms with E-state index in [2.05, 4.69) is 4.99 Å². The molecule has 186 valence electrons. The Morgan fingerprint density at radius 3 is 2.49 bits per heavy atom. The number of carboxylic acids is 2. The Labute approximate surface area is 206 Å². The summed E-state index contributed by atoms with van der Waals surface area (Å²) in [7, 11) is 0. The molecule has 0 aliphatic carbocycles. The van der Waals surface area contributed by atoms with Crippen LogP contribution in [-0.4, -0.2) is 70.7 Å². The largest absolute Gasteiger partial charge is 0.481 e. The van der Waals surface area contributed by atoms with Gasteiger partial charge in [-0.15, -0.1) is 0 Å². The minimum Gasteiger partial charge on any atom is -0.481 e. The van der Waals surface area contributed by atoms with Crippen LogP contribution < -0.4 is 4.90 Å². The summed E-state index contributed by atoms with van der Waals surface area (Å²) in [5, 5.41) is 28.9. The molecule has 11 heteroatoms. The van der Waals surface area contributed by atoms with Crippen molar-refractivity contribution in [3.8, 4) is 0 Å². The van der Waals surface area contributed by atoms with E-state index in [0.29, 0.717) is 28.6 Å². The quantitative estimate of drug-likeness (QED) is 0.415. The number of benzodiazepines with no additional fused rings is 1. The van der Waals surface area contributed by atoms with E-state index in [-0.39, 0.29) is 13.3 Å². The average molecular weight is 505 g/mol. The molecule has 0 saturated carbocycles. The fourth-order valence-electron chi connectivity index (χ4n) is 3.64. The molecule has 0 radical (unpaired) electrons. The van der Waals surface area contributed by atoms with E-state index in [1.807, 2.05) is 30.3 Å². The summed E-state index contributed by atoms with van der Waals surface area (Å²) >= 11 is 6.28. The lowest BCUT2D eigenvalue weighted by Gasteiger charge is -2.32. The molecular weight excluding hydrogens is 480 g/mol. The maximum atomic E-state index is 12.7. The van der Waals surface area contributed by atoms with Crippen molar-refractivity contribution in [2.45, 2.75) is 31.6 Å². The average Bonchev–Trinajstić information content (AvgIpc) is 2.93. The Morgan fingerprint density at radius 2 is 1.86 bits per heavy atom. The van der Waals surface area contributed by atoms with Crippen LogP contribution in [0.5, 0.6) is 0 Å². The van der Waals surface area contributed by atoms with Crippen molar-refractivity contribution in [1.82, 2.24) is 0 Å². The van der Waals surface area contributed by atoms with E-state index in [1.54, 1.807) is 30.0 Å². The van der Waals surface area contributed by atoms with E-state index in [4.69, 9.17) is 26.2 Å². The minimum absolute atomic E-state index is 0.0129. The van der Waals surface area contributed by atoms with Gasteiger partial charge in [0, 0.05) is 22.8 Å². The van der Waals surface area contributed by atoms with Crippen molar-refractivity contribution in [2.24, 2.45) is 4.99 Å². The molecule has 1 heterocycles. The summed E-state index contributed by atoms with van der Waals surface area (Å²) in [5.74, 6) is -4.51. The molecule has 1 aliphatic heterocycles. The number of aliphatic carboxylic acids is 2. The van der Waals surface area contributed by atoms with Crippen molar-refractivity contribution in [3.63, 3.8) is 0 Å². The van der Waals surface area contributed by atoms with Crippen molar-refractivity contribution in [2.75, 3.05) is 24.8 Å². The van der Waals surface area contributed by atoms with Gasteiger partial charge in [-0.3, -0.25) is 14.6 Å². The van der Waals surface area contributed by atoms with Gasteiger partial charge in [0.15, 0.2) is 11.8 Å². The summed E-state index contributed by atoms with van der Waals surface area (Å²) in [5.41, 5.74) is -0.116.